The van der Waals surface area contributed by atoms with Gasteiger partial charge in [-0.25, -0.2) is 0 Å². The number of ketones is 1. The second-order valence-electron chi connectivity index (χ2n) is 7.47. The lowest BCUT2D eigenvalue weighted by atomic mass is 10.0. The molecule has 1 saturated heterocycles. The topological polar surface area (TPSA) is 63.0 Å². The Balaban J connectivity index is 1.57. The molecule has 1 N–H and O–H groups in total. The number of nitrogens with one attached hydrogen (secondary N) is 1. The van der Waals surface area contributed by atoms with Gasteiger partial charge in [0.2, 0.25) is 5.78 Å². The number of rotatable bonds is 5. The largest absolute Gasteiger partial charge is 0.872 e. The smallest absolute Gasteiger partial charge is 0.231 e. The highest BCUT2D eigenvalue weighted by molar-refractivity contribution is 6.12. The lowest BCUT2D eigenvalue weighted by Gasteiger charge is -2.26. The van der Waals surface area contributed by atoms with Crippen LogP contribution in [0.4, 0.5) is 0 Å². The van der Waals surface area contributed by atoms with E-state index >= 15 is 0 Å². The molecular formula is C24H25NO4. The number of piperidine rings is 1. The van der Waals surface area contributed by atoms with Crippen LogP contribution in [0.5, 0.6) is 17.2 Å². The molecule has 0 unspecified atom stereocenters. The Bertz CT molecular complexity index is 971. The number of quaternary nitrogens is 1. The van der Waals surface area contributed by atoms with Crippen LogP contribution in [0.1, 0.15) is 40.7 Å². The molecule has 150 valence electrons. The van der Waals surface area contributed by atoms with Crippen LogP contribution >= 0.6 is 0 Å². The predicted octanol–water partition coefficient (Wildman–Crippen LogP) is 2.51. The maximum Gasteiger partial charge on any atom is 0.231 e. The van der Waals surface area contributed by atoms with Crippen molar-refractivity contribution in [2.75, 3.05) is 20.2 Å². The summed E-state index contributed by atoms with van der Waals surface area (Å²) in [6, 6.07) is 10.7. The molecule has 0 amide bonds. The van der Waals surface area contributed by atoms with Crippen molar-refractivity contribution in [3.8, 4) is 17.2 Å². The highest BCUT2D eigenvalue weighted by Gasteiger charge is 2.30. The van der Waals surface area contributed by atoms with E-state index in [2.05, 4.69) is 0 Å². The standard InChI is InChI=1S/C24H25NO4/c1-28-21-10-4-3-8-17(21)9-7-11-22-23(27)18-12-13-20(26)19(24(18)29-22)16-25-14-5-2-6-15-25/h3-4,7-13,26H,2,5-6,14-16H2,1H3/b9-7+,22-11-. The predicted molar refractivity (Wildman–Crippen MR) is 109 cm³/mol. The third kappa shape index (κ3) is 4.05. The first-order valence-corrected chi connectivity index (χ1v) is 10.1. The molecule has 0 aromatic heterocycles. The van der Waals surface area contributed by atoms with E-state index in [1.54, 1.807) is 25.3 Å². The van der Waals surface area contributed by atoms with Gasteiger partial charge in [0.1, 0.15) is 18.0 Å². The molecule has 5 heteroatoms. The summed E-state index contributed by atoms with van der Waals surface area (Å²) in [5.41, 5.74) is 2.00. The first-order chi connectivity index (χ1) is 14.2. The summed E-state index contributed by atoms with van der Waals surface area (Å²) >= 11 is 0. The second-order valence-corrected chi connectivity index (χ2v) is 7.47. The number of allylic oxidation sites excluding steroid dienone is 3. The van der Waals surface area contributed by atoms with E-state index in [1.807, 2.05) is 30.3 Å². The van der Waals surface area contributed by atoms with E-state index in [0.717, 1.165) is 24.4 Å². The maximum absolute atomic E-state index is 12.8. The summed E-state index contributed by atoms with van der Waals surface area (Å²) < 4.78 is 11.2. The van der Waals surface area contributed by atoms with Gasteiger partial charge in [0.25, 0.3) is 0 Å². The van der Waals surface area contributed by atoms with Gasteiger partial charge in [-0.2, -0.15) is 0 Å². The number of para-hydroxylation sites is 1. The number of hydrogen-bond donors (Lipinski definition) is 1. The Labute approximate surface area is 170 Å². The zero-order chi connectivity index (χ0) is 20.2. The molecule has 0 radical (unpaired) electrons. The highest BCUT2D eigenvalue weighted by atomic mass is 16.5. The van der Waals surface area contributed by atoms with Gasteiger partial charge in [0.15, 0.2) is 5.76 Å². The molecule has 2 aliphatic rings. The van der Waals surface area contributed by atoms with Crippen molar-refractivity contribution < 1.29 is 24.3 Å². The minimum atomic E-state index is -0.181. The number of carbonyl (C=O) groups excluding carboxylic acids is 1. The molecule has 29 heavy (non-hydrogen) atoms. The zero-order valence-corrected chi connectivity index (χ0v) is 16.6. The molecule has 4 rings (SSSR count). The molecule has 0 bridgehead atoms. The van der Waals surface area contributed by atoms with Crippen LogP contribution in [0.25, 0.3) is 6.08 Å². The van der Waals surface area contributed by atoms with E-state index in [9.17, 15) is 9.90 Å². The number of fused-ring (bicyclic) bond motifs is 1. The Morgan fingerprint density at radius 2 is 1.93 bits per heavy atom. The zero-order valence-electron chi connectivity index (χ0n) is 16.6. The molecule has 2 aromatic carbocycles. The molecule has 0 saturated carbocycles. The quantitative estimate of drug-likeness (QED) is 0.796. The van der Waals surface area contributed by atoms with Gasteiger partial charge in [0, 0.05) is 11.1 Å². The van der Waals surface area contributed by atoms with E-state index in [1.165, 1.54) is 30.2 Å². The van der Waals surface area contributed by atoms with Crippen molar-refractivity contribution >= 4 is 11.9 Å². The molecule has 0 aliphatic carbocycles. The average Bonchev–Trinajstić information content (AvgIpc) is 3.07. The Kier molecular flexibility index (Phi) is 5.67. The molecule has 1 fully saturated rings. The molecule has 5 nitrogen and oxygen atoms in total. The van der Waals surface area contributed by atoms with Gasteiger partial charge in [0.05, 0.1) is 25.8 Å². The third-order valence-electron chi connectivity index (χ3n) is 5.55. The number of ether oxygens (including phenoxy) is 2. The lowest BCUT2D eigenvalue weighted by molar-refractivity contribution is -0.918. The van der Waals surface area contributed by atoms with E-state index < -0.39 is 0 Å². The van der Waals surface area contributed by atoms with Crippen LogP contribution in [-0.4, -0.2) is 26.0 Å². The summed E-state index contributed by atoms with van der Waals surface area (Å²) in [4.78, 5) is 14.1. The van der Waals surface area contributed by atoms with Crippen LogP contribution in [-0.2, 0) is 6.54 Å². The van der Waals surface area contributed by atoms with Crippen molar-refractivity contribution in [2.24, 2.45) is 0 Å². The van der Waals surface area contributed by atoms with Crippen molar-refractivity contribution in [1.82, 2.24) is 0 Å². The van der Waals surface area contributed by atoms with E-state index in [4.69, 9.17) is 9.47 Å². The van der Waals surface area contributed by atoms with Gasteiger partial charge in [-0.1, -0.05) is 42.2 Å². The highest BCUT2D eigenvalue weighted by Crippen LogP contribution is 2.37. The summed E-state index contributed by atoms with van der Waals surface area (Å²) in [6.45, 7) is 2.72. The summed E-state index contributed by atoms with van der Waals surface area (Å²) in [5, 5.41) is 12.5. The van der Waals surface area contributed by atoms with Gasteiger partial charge < -0.3 is 19.5 Å². The van der Waals surface area contributed by atoms with Crippen LogP contribution in [0, 0.1) is 0 Å². The summed E-state index contributed by atoms with van der Waals surface area (Å²) in [6.07, 6.45) is 8.89. The fourth-order valence-corrected chi connectivity index (χ4v) is 3.99. The summed E-state index contributed by atoms with van der Waals surface area (Å²) in [7, 11) is 1.62. The molecule has 2 heterocycles. The fraction of sp³-hybridized carbons (Fsp3) is 0.292. The van der Waals surface area contributed by atoms with Crippen molar-refractivity contribution in [3.63, 3.8) is 0 Å². The minimum absolute atomic E-state index is 0.0552. The van der Waals surface area contributed by atoms with Crippen molar-refractivity contribution in [2.45, 2.75) is 25.8 Å². The Morgan fingerprint density at radius 1 is 1.14 bits per heavy atom. The number of Topliss-reactive ketones (excluding diaryl/α,β-unsaturated/α-hetero) is 1. The third-order valence-corrected chi connectivity index (χ3v) is 5.55. The number of hydrogen-bond acceptors (Lipinski definition) is 4. The summed E-state index contributed by atoms with van der Waals surface area (Å²) in [5.74, 6) is 1.20. The van der Waals surface area contributed by atoms with Crippen LogP contribution < -0.4 is 19.5 Å². The van der Waals surface area contributed by atoms with Crippen LogP contribution in [0.15, 0.2) is 54.3 Å². The maximum atomic E-state index is 12.8. The van der Waals surface area contributed by atoms with Crippen LogP contribution in [0.2, 0.25) is 0 Å². The Hall–Kier alpha value is -3.05. The van der Waals surface area contributed by atoms with Gasteiger partial charge in [-0.15, -0.1) is 0 Å². The minimum Gasteiger partial charge on any atom is -0.872 e. The van der Waals surface area contributed by atoms with Crippen molar-refractivity contribution in [3.05, 3.63) is 71.0 Å². The normalized spacial score (nSPS) is 18.2. The number of carbonyl (C=O) groups is 1. The molecule has 2 aromatic rings. The fourth-order valence-electron chi connectivity index (χ4n) is 3.99. The monoisotopic (exact) mass is 391 g/mol. The van der Waals surface area contributed by atoms with Gasteiger partial charge in [-0.05, 0) is 37.5 Å². The molecular weight excluding hydrogens is 366 g/mol. The number of likely N-dealkylation sites (tertiary alicyclic amines) is 1. The number of benzene rings is 2. The first kappa shape index (κ1) is 19.3. The average molecular weight is 391 g/mol. The first-order valence-electron chi connectivity index (χ1n) is 10.1. The second kappa shape index (κ2) is 8.53. The van der Waals surface area contributed by atoms with E-state index in [-0.39, 0.29) is 17.3 Å². The SMILES string of the molecule is COc1ccccc1/C=C/C=C1\Oc2c(ccc([O-])c2C[NH+]2CCCCC2)C1=O. The van der Waals surface area contributed by atoms with Gasteiger partial charge >= 0.3 is 0 Å². The Morgan fingerprint density at radius 3 is 2.72 bits per heavy atom. The lowest BCUT2D eigenvalue weighted by Crippen LogP contribution is -3.11. The van der Waals surface area contributed by atoms with Gasteiger partial charge in [-0.3, -0.25) is 4.79 Å². The molecule has 0 spiro atoms. The molecule has 2 aliphatic heterocycles. The van der Waals surface area contributed by atoms with Crippen molar-refractivity contribution in [1.29, 1.82) is 0 Å². The van der Waals surface area contributed by atoms with Crippen LogP contribution in [0.3, 0.4) is 0 Å². The number of methoxy groups -OCH3 is 1. The van der Waals surface area contributed by atoms with E-state index in [0.29, 0.717) is 23.4 Å². The molecule has 0 atom stereocenters.